The molecule has 0 aliphatic rings. The number of aryl methyl sites for hydroxylation is 1. The Kier molecular flexibility index (Phi) is 6.90. The lowest BCUT2D eigenvalue weighted by atomic mass is 10.2. The SMILES string of the molecule is N[C@@H](CCC[n+]1ccccc1)C(=O)O.[Br-]. The Morgan fingerprint density at radius 1 is 1.33 bits per heavy atom. The summed E-state index contributed by atoms with van der Waals surface area (Å²) in [5.41, 5.74) is 5.37. The summed E-state index contributed by atoms with van der Waals surface area (Å²) in [6, 6.07) is 5.09. The number of hydrogen-bond donors (Lipinski definition) is 2. The van der Waals surface area contributed by atoms with Gasteiger partial charge in [0, 0.05) is 18.6 Å². The maximum Gasteiger partial charge on any atom is 0.320 e. The van der Waals surface area contributed by atoms with Crippen LogP contribution in [0.15, 0.2) is 30.6 Å². The lowest BCUT2D eigenvalue weighted by molar-refractivity contribution is -0.697. The Morgan fingerprint density at radius 3 is 2.47 bits per heavy atom. The quantitative estimate of drug-likeness (QED) is 0.569. The Bertz CT molecular complexity index is 293. The fourth-order valence-electron chi connectivity index (χ4n) is 1.20. The van der Waals surface area contributed by atoms with Crippen LogP contribution in [0, 0.1) is 0 Å². The van der Waals surface area contributed by atoms with Crippen molar-refractivity contribution in [3.05, 3.63) is 30.6 Å². The molecule has 0 radical (unpaired) electrons. The van der Waals surface area contributed by atoms with Crippen LogP contribution in [0.2, 0.25) is 0 Å². The van der Waals surface area contributed by atoms with Gasteiger partial charge in [0.15, 0.2) is 12.4 Å². The molecule has 4 nitrogen and oxygen atoms in total. The number of halogens is 1. The number of rotatable bonds is 5. The highest BCUT2D eigenvalue weighted by molar-refractivity contribution is 5.72. The summed E-state index contributed by atoms with van der Waals surface area (Å²) >= 11 is 0. The second-order valence-corrected chi connectivity index (χ2v) is 3.20. The van der Waals surface area contributed by atoms with Crippen LogP contribution in [0.3, 0.4) is 0 Å². The second-order valence-electron chi connectivity index (χ2n) is 3.20. The third-order valence-electron chi connectivity index (χ3n) is 2.03. The molecule has 0 saturated carbocycles. The fraction of sp³-hybridized carbons (Fsp3) is 0.400. The Hall–Kier alpha value is -0.940. The summed E-state index contributed by atoms with van der Waals surface area (Å²) in [6.07, 6.45) is 5.19. The van der Waals surface area contributed by atoms with Gasteiger partial charge in [-0.1, -0.05) is 6.07 Å². The monoisotopic (exact) mass is 274 g/mol. The number of aliphatic carboxylic acids is 1. The van der Waals surface area contributed by atoms with Crippen LogP contribution in [0.25, 0.3) is 0 Å². The predicted octanol–water partition coefficient (Wildman–Crippen LogP) is -2.83. The van der Waals surface area contributed by atoms with Gasteiger partial charge >= 0.3 is 5.97 Å². The summed E-state index contributed by atoms with van der Waals surface area (Å²) in [7, 11) is 0. The van der Waals surface area contributed by atoms with Gasteiger partial charge < -0.3 is 27.8 Å². The van der Waals surface area contributed by atoms with Crippen molar-refractivity contribution in [2.75, 3.05) is 0 Å². The van der Waals surface area contributed by atoms with E-state index in [2.05, 4.69) is 0 Å². The van der Waals surface area contributed by atoms with Crippen LogP contribution < -0.4 is 27.3 Å². The number of pyridine rings is 1. The molecule has 15 heavy (non-hydrogen) atoms. The van der Waals surface area contributed by atoms with E-state index >= 15 is 0 Å². The third-order valence-corrected chi connectivity index (χ3v) is 2.03. The molecular formula is C10H15BrN2O2. The molecule has 0 aliphatic carbocycles. The van der Waals surface area contributed by atoms with Gasteiger partial charge in [0.2, 0.25) is 0 Å². The molecule has 0 bridgehead atoms. The van der Waals surface area contributed by atoms with E-state index in [1.54, 1.807) is 0 Å². The van der Waals surface area contributed by atoms with E-state index in [0.717, 1.165) is 13.0 Å². The van der Waals surface area contributed by atoms with Crippen LogP contribution in [0.4, 0.5) is 0 Å². The zero-order chi connectivity index (χ0) is 10.4. The van der Waals surface area contributed by atoms with Crippen molar-refractivity contribution in [3.63, 3.8) is 0 Å². The summed E-state index contributed by atoms with van der Waals surface area (Å²) in [5.74, 6) is -0.928. The zero-order valence-corrected chi connectivity index (χ0v) is 9.93. The molecule has 1 rings (SSSR count). The lowest BCUT2D eigenvalue weighted by Crippen LogP contribution is -3.00. The minimum atomic E-state index is -0.928. The van der Waals surface area contributed by atoms with Crippen molar-refractivity contribution in [3.8, 4) is 0 Å². The van der Waals surface area contributed by atoms with E-state index in [4.69, 9.17) is 10.8 Å². The summed E-state index contributed by atoms with van der Waals surface area (Å²) in [4.78, 5) is 10.4. The van der Waals surface area contributed by atoms with Gasteiger partial charge in [0.25, 0.3) is 0 Å². The van der Waals surface area contributed by atoms with Gasteiger partial charge in [-0.25, -0.2) is 4.57 Å². The first-order valence-corrected chi connectivity index (χ1v) is 4.62. The van der Waals surface area contributed by atoms with Gasteiger partial charge in [-0.15, -0.1) is 0 Å². The maximum atomic E-state index is 10.4. The maximum absolute atomic E-state index is 10.4. The Balaban J connectivity index is 0.00000196. The highest BCUT2D eigenvalue weighted by Crippen LogP contribution is 1.94. The zero-order valence-electron chi connectivity index (χ0n) is 8.34. The van der Waals surface area contributed by atoms with Gasteiger partial charge in [0.05, 0.1) is 0 Å². The molecule has 84 valence electrons. The number of nitrogens with zero attached hydrogens (tertiary/aromatic N) is 1. The van der Waals surface area contributed by atoms with Crippen LogP contribution in [-0.4, -0.2) is 17.1 Å². The normalized spacial score (nSPS) is 11.5. The van der Waals surface area contributed by atoms with E-state index < -0.39 is 12.0 Å². The van der Waals surface area contributed by atoms with E-state index in [0.29, 0.717) is 6.42 Å². The van der Waals surface area contributed by atoms with Crippen LogP contribution >= 0.6 is 0 Å². The molecule has 0 fully saturated rings. The lowest BCUT2D eigenvalue weighted by Gasteiger charge is -2.03. The van der Waals surface area contributed by atoms with Gasteiger partial charge in [0.1, 0.15) is 12.6 Å². The summed E-state index contributed by atoms with van der Waals surface area (Å²) < 4.78 is 2.01. The number of aromatic nitrogens is 1. The van der Waals surface area contributed by atoms with E-state index in [1.165, 1.54) is 0 Å². The molecule has 1 aromatic rings. The topological polar surface area (TPSA) is 67.2 Å². The number of carboxylic acid groups (broad SMARTS) is 1. The predicted molar refractivity (Wildman–Crippen MR) is 51.5 cm³/mol. The number of carboxylic acids is 1. The average molecular weight is 275 g/mol. The Morgan fingerprint density at radius 2 is 1.93 bits per heavy atom. The molecule has 0 unspecified atom stereocenters. The molecule has 1 aromatic heterocycles. The van der Waals surface area contributed by atoms with E-state index in [-0.39, 0.29) is 17.0 Å². The molecule has 1 atom stereocenters. The molecule has 1 heterocycles. The highest BCUT2D eigenvalue weighted by atomic mass is 79.9. The third kappa shape index (κ3) is 5.49. The summed E-state index contributed by atoms with van der Waals surface area (Å²) in [6.45, 7) is 0.807. The number of hydrogen-bond acceptors (Lipinski definition) is 2. The number of carbonyl (C=O) groups is 1. The first-order chi connectivity index (χ1) is 6.70. The average Bonchev–Trinajstić information content (AvgIpc) is 2.19. The van der Waals surface area contributed by atoms with Crippen LogP contribution in [0.5, 0.6) is 0 Å². The number of nitrogens with two attached hydrogens (primary N) is 1. The van der Waals surface area contributed by atoms with Gasteiger partial charge in [-0.2, -0.15) is 0 Å². The van der Waals surface area contributed by atoms with Crippen molar-refractivity contribution in [2.24, 2.45) is 5.73 Å². The first-order valence-electron chi connectivity index (χ1n) is 4.62. The van der Waals surface area contributed by atoms with E-state index in [9.17, 15) is 4.79 Å². The molecule has 0 amide bonds. The van der Waals surface area contributed by atoms with Crippen molar-refractivity contribution >= 4 is 5.97 Å². The first kappa shape index (κ1) is 14.1. The Labute approximate surface area is 99.5 Å². The molecule has 0 spiro atoms. The smallest absolute Gasteiger partial charge is 0.320 e. The second kappa shape index (κ2) is 7.36. The van der Waals surface area contributed by atoms with Crippen LogP contribution in [0.1, 0.15) is 12.8 Å². The molecule has 0 aliphatic heterocycles. The van der Waals surface area contributed by atoms with Crippen molar-refractivity contribution in [1.29, 1.82) is 0 Å². The largest absolute Gasteiger partial charge is 1.00 e. The van der Waals surface area contributed by atoms with Crippen LogP contribution in [-0.2, 0) is 11.3 Å². The standard InChI is InChI=1S/C10H14N2O2.BrH/c11-9(10(13)14)5-4-8-12-6-2-1-3-7-12;/h1-3,6-7,9H,4-5,8,11H2;1H/t9-;/m0./s1. The molecule has 0 saturated heterocycles. The van der Waals surface area contributed by atoms with Gasteiger partial charge in [-0.3, -0.25) is 4.79 Å². The van der Waals surface area contributed by atoms with E-state index in [1.807, 2.05) is 35.2 Å². The van der Waals surface area contributed by atoms with Crippen molar-refractivity contribution in [1.82, 2.24) is 0 Å². The molecule has 0 aromatic carbocycles. The molecule has 5 heteroatoms. The molecular weight excluding hydrogens is 260 g/mol. The van der Waals surface area contributed by atoms with Crippen molar-refractivity contribution in [2.45, 2.75) is 25.4 Å². The summed E-state index contributed by atoms with van der Waals surface area (Å²) in [5, 5.41) is 8.55. The molecule has 3 N–H and O–H groups in total. The highest BCUT2D eigenvalue weighted by Gasteiger charge is 2.11. The fourth-order valence-corrected chi connectivity index (χ4v) is 1.20. The minimum Gasteiger partial charge on any atom is -1.00 e. The van der Waals surface area contributed by atoms with Gasteiger partial charge in [-0.05, 0) is 6.42 Å². The minimum absolute atomic E-state index is 0. The van der Waals surface area contributed by atoms with Crippen molar-refractivity contribution < 1.29 is 31.4 Å².